The lowest BCUT2D eigenvalue weighted by molar-refractivity contribution is -0.471. The van der Waals surface area contributed by atoms with Gasteiger partial charge in [-0.1, -0.05) is 0 Å². The molecule has 0 rings (SSSR count). The van der Waals surface area contributed by atoms with E-state index in [4.69, 9.17) is 4.55 Å². The summed E-state index contributed by atoms with van der Waals surface area (Å²) in [7, 11) is -8.14. The minimum Gasteiger partial charge on any atom is -0.344 e. The van der Waals surface area contributed by atoms with Gasteiger partial charge in [-0.2, -0.15) is 105 Å². The van der Waals surface area contributed by atoms with E-state index >= 15 is 0 Å². The first kappa shape index (κ1) is 39.5. The van der Waals surface area contributed by atoms with Crippen LogP contribution in [0.1, 0.15) is 6.92 Å². The first-order valence-electron chi connectivity index (χ1n) is 7.88. The summed E-state index contributed by atoms with van der Waals surface area (Å²) in [5.41, 5.74) is 0. The molecule has 238 valence electrons. The number of rotatable bonds is 11. The Morgan fingerprint density at radius 2 is 0.538 bits per heavy atom. The van der Waals surface area contributed by atoms with Gasteiger partial charge in [0.25, 0.3) is 0 Å². The lowest BCUT2D eigenvalue weighted by Crippen LogP contribution is -2.78. The van der Waals surface area contributed by atoms with Gasteiger partial charge in [0.2, 0.25) is 0 Å². The zero-order valence-corrected chi connectivity index (χ0v) is 18.0. The molecule has 0 saturated carbocycles. The summed E-state index contributed by atoms with van der Waals surface area (Å²) in [5, 5.41) is -8.10. The Balaban J connectivity index is 0. The van der Waals surface area contributed by atoms with Gasteiger partial charge in [0.05, 0.1) is 0 Å². The maximum atomic E-state index is 13.5. The molecule has 0 unspecified atom stereocenters. The molecule has 39 heavy (non-hydrogen) atoms. The van der Waals surface area contributed by atoms with Crippen LogP contribution < -0.4 is 6.15 Å². The van der Waals surface area contributed by atoms with Gasteiger partial charge in [-0.25, -0.2) is 0 Å². The fourth-order valence-electron chi connectivity index (χ4n) is 2.00. The smallest absolute Gasteiger partial charge is 0.344 e. The average Bonchev–Trinajstić information content (AvgIpc) is 2.64. The molecular formula is C12H7F22NO3S. The fourth-order valence-corrected chi connectivity index (χ4v) is 2.45. The van der Waals surface area contributed by atoms with Gasteiger partial charge in [-0.05, 0) is 0 Å². The van der Waals surface area contributed by atoms with Crippen molar-refractivity contribution in [3.05, 3.63) is 0 Å². The molecule has 0 radical (unpaired) electrons. The van der Waals surface area contributed by atoms with E-state index < -0.39 is 81.5 Å². The number of alkyl halides is 22. The second-order valence-corrected chi connectivity index (χ2v) is 8.51. The third-order valence-electron chi connectivity index (χ3n) is 4.40. The molecular weight excluding hydrogens is 656 g/mol. The van der Waals surface area contributed by atoms with Crippen molar-refractivity contribution in [3.8, 4) is 0 Å². The molecule has 0 heterocycles. The van der Waals surface area contributed by atoms with Crippen LogP contribution in [0.4, 0.5) is 96.6 Å². The van der Waals surface area contributed by atoms with E-state index in [9.17, 15) is 105 Å². The molecule has 0 aliphatic rings. The first-order chi connectivity index (χ1) is 15.8. The van der Waals surface area contributed by atoms with Crippen molar-refractivity contribution < 1.29 is 110 Å². The van der Waals surface area contributed by atoms with Gasteiger partial charge in [0, 0.05) is 6.92 Å². The maximum Gasteiger partial charge on any atom is 0.438 e. The van der Waals surface area contributed by atoms with E-state index in [0.717, 1.165) is 0 Å². The van der Waals surface area contributed by atoms with E-state index in [1.54, 1.807) is 0 Å². The van der Waals surface area contributed by atoms with Crippen molar-refractivity contribution in [2.75, 3.05) is 0 Å². The summed E-state index contributed by atoms with van der Waals surface area (Å²) in [6, 6.07) is 0. The van der Waals surface area contributed by atoms with Crippen LogP contribution in [0, 0.1) is 0 Å². The monoisotopic (exact) mass is 663 g/mol. The second-order valence-electron chi connectivity index (χ2n) is 7.05. The van der Waals surface area contributed by atoms with Crippen LogP contribution >= 0.6 is 0 Å². The predicted octanol–water partition coefficient (Wildman–Crippen LogP) is 7.00. The Morgan fingerprint density at radius 1 is 0.385 bits per heavy atom. The third-order valence-corrected chi connectivity index (χ3v) is 5.30. The highest BCUT2D eigenvalue weighted by molar-refractivity contribution is 7.87. The Morgan fingerprint density at radius 3 is 0.692 bits per heavy atom. The molecule has 0 amide bonds. The summed E-state index contributed by atoms with van der Waals surface area (Å²) in [5.74, 6) is -88.0. The number of halogens is 22. The van der Waals surface area contributed by atoms with E-state index in [-0.39, 0.29) is 6.15 Å². The fraction of sp³-hybridized carbons (Fsp3) is 1.00. The lowest BCUT2D eigenvalue weighted by atomic mass is 9.85. The maximum absolute atomic E-state index is 13.5. The minimum atomic E-state index is -9.46. The minimum absolute atomic E-state index is 0. The van der Waals surface area contributed by atoms with Crippen LogP contribution in [0.25, 0.3) is 0 Å². The van der Waals surface area contributed by atoms with Gasteiger partial charge in [-0.15, -0.1) is 0 Å². The number of hydrogen-bond acceptors (Lipinski definition) is 3. The lowest BCUT2D eigenvalue weighted by Gasteiger charge is -2.45. The van der Waals surface area contributed by atoms with E-state index in [1.165, 1.54) is 0 Å². The summed E-state index contributed by atoms with van der Waals surface area (Å²) in [4.78, 5) is 0. The van der Waals surface area contributed by atoms with Crippen LogP contribution in [-0.2, 0) is 10.1 Å². The normalized spacial score (nSPS) is 16.7. The molecule has 0 aliphatic heterocycles. The first-order valence-corrected chi connectivity index (χ1v) is 9.32. The van der Waals surface area contributed by atoms with Crippen LogP contribution in [0.2, 0.25) is 0 Å². The van der Waals surface area contributed by atoms with Crippen molar-refractivity contribution in [2.24, 2.45) is 0 Å². The van der Waals surface area contributed by atoms with Crippen LogP contribution in [-0.4, -0.2) is 77.5 Å². The van der Waals surface area contributed by atoms with Crippen LogP contribution in [0.3, 0.4) is 0 Å². The summed E-state index contributed by atoms with van der Waals surface area (Å²) in [6.45, 7) is -1.49. The largest absolute Gasteiger partial charge is 0.438 e. The molecule has 4 nitrogen and oxygen atoms in total. The van der Waals surface area contributed by atoms with Gasteiger partial charge in [0.1, 0.15) is 0 Å². The van der Waals surface area contributed by atoms with Gasteiger partial charge < -0.3 is 6.15 Å². The molecule has 0 bridgehead atoms. The van der Waals surface area contributed by atoms with Gasteiger partial charge in [-0.3, -0.25) is 4.55 Å². The van der Waals surface area contributed by atoms with Crippen LogP contribution in [0.15, 0.2) is 0 Å². The molecule has 0 aromatic carbocycles. The number of hydrogen-bond donors (Lipinski definition) is 2. The average molecular weight is 663 g/mol. The van der Waals surface area contributed by atoms with E-state index in [2.05, 4.69) is 0 Å². The van der Waals surface area contributed by atoms with Gasteiger partial charge >= 0.3 is 74.6 Å². The molecule has 0 spiro atoms. The summed E-state index contributed by atoms with van der Waals surface area (Å²) >= 11 is 0. The SMILES string of the molecule is CC(F)(F)C(F)(F)C(F)(F)C(F)(F)C(F)(F)C(F)(F)C(F)(F)C(F)(F)C(F)(F)C(F)(F)C(F)(F)S(=O)(=O)O.N. The molecule has 0 aliphatic carbocycles. The highest BCUT2D eigenvalue weighted by atomic mass is 32.2. The molecule has 0 atom stereocenters. The van der Waals surface area contributed by atoms with Crippen molar-refractivity contribution in [1.82, 2.24) is 6.15 Å². The molecule has 0 fully saturated rings. The van der Waals surface area contributed by atoms with E-state index in [1.807, 2.05) is 0 Å². The predicted molar refractivity (Wildman–Crippen MR) is 76.7 cm³/mol. The summed E-state index contributed by atoms with van der Waals surface area (Å²) < 4.78 is 318. The van der Waals surface area contributed by atoms with Gasteiger partial charge in [0.15, 0.2) is 0 Å². The standard InChI is InChI=1S/C12H4F22O3S.H3N/c1-2(13,14)3(15,16)4(17,18)5(19,20)6(21,22)7(23,24)8(25,26)9(27,28)10(29,30)11(31,32)12(33,34)38(35,36)37;/h1H3,(H,35,36,37);1H3. The zero-order chi connectivity index (χ0) is 32.0. The third kappa shape index (κ3) is 4.52. The Kier molecular flexibility index (Phi) is 9.28. The quantitative estimate of drug-likeness (QED) is 0.184. The highest BCUT2D eigenvalue weighted by Crippen LogP contribution is 2.67. The topological polar surface area (TPSA) is 89.4 Å². The zero-order valence-electron chi connectivity index (χ0n) is 17.2. The van der Waals surface area contributed by atoms with Crippen molar-refractivity contribution >= 4 is 10.1 Å². The van der Waals surface area contributed by atoms with E-state index in [0.29, 0.717) is 0 Å². The highest BCUT2D eigenvalue weighted by Gasteiger charge is 2.99. The molecule has 27 heteroatoms. The summed E-state index contributed by atoms with van der Waals surface area (Å²) in [6.07, 6.45) is 0. The second kappa shape index (κ2) is 9.17. The Bertz CT molecular complexity index is 1010. The van der Waals surface area contributed by atoms with Crippen molar-refractivity contribution in [2.45, 2.75) is 71.4 Å². The Labute approximate surface area is 198 Å². The molecule has 0 aromatic rings. The molecule has 0 saturated heterocycles. The van der Waals surface area contributed by atoms with Crippen molar-refractivity contribution in [3.63, 3.8) is 0 Å². The Hall–Kier alpha value is -1.67. The van der Waals surface area contributed by atoms with Crippen molar-refractivity contribution in [1.29, 1.82) is 0 Å². The van der Waals surface area contributed by atoms with Crippen LogP contribution in [0.5, 0.6) is 0 Å². The molecule has 4 N–H and O–H groups in total. The molecule has 0 aromatic heterocycles.